The summed E-state index contributed by atoms with van der Waals surface area (Å²) >= 11 is 0. The smallest absolute Gasteiger partial charge is 0.272 e. The molecule has 106 valence electrons. The zero-order valence-electron chi connectivity index (χ0n) is 11.3. The van der Waals surface area contributed by atoms with Crippen LogP contribution in [0.5, 0.6) is 0 Å². The first-order chi connectivity index (χ1) is 10.0. The van der Waals surface area contributed by atoms with Crippen molar-refractivity contribution < 1.29 is 9.31 Å². The molecule has 21 heavy (non-hydrogen) atoms. The number of hydrogen-bond acceptors (Lipinski definition) is 3. The predicted molar refractivity (Wildman–Crippen MR) is 76.6 cm³/mol. The van der Waals surface area contributed by atoms with E-state index in [1.807, 2.05) is 35.8 Å². The molecule has 0 bridgehead atoms. The van der Waals surface area contributed by atoms with Crippen molar-refractivity contribution in [2.45, 2.75) is 13.5 Å². The number of para-hydroxylation sites is 2. The summed E-state index contributed by atoms with van der Waals surface area (Å²) in [5.41, 5.74) is 2.06. The quantitative estimate of drug-likeness (QED) is 0.547. The van der Waals surface area contributed by atoms with Gasteiger partial charge in [-0.3, -0.25) is 10.1 Å². The number of aromatic nitrogens is 2. The number of hydrogen-bond donors (Lipinski definition) is 0. The standard InChI is InChI=1S/C15H12FN3O2/c1-10-17-14-4-2-3-5-15(14)18(10)9-11-6-12(16)8-13(7-11)19(20)21/h2-8H,9H2,1H3. The first-order valence-electron chi connectivity index (χ1n) is 6.40. The SMILES string of the molecule is Cc1nc2ccccc2n1Cc1cc(F)cc([N+](=O)[O-])c1. The normalized spacial score (nSPS) is 11.0. The second kappa shape index (κ2) is 4.97. The van der Waals surface area contributed by atoms with Gasteiger partial charge in [0.05, 0.1) is 22.0 Å². The van der Waals surface area contributed by atoms with Gasteiger partial charge < -0.3 is 4.57 Å². The number of benzene rings is 2. The Bertz CT molecular complexity index is 842. The van der Waals surface area contributed by atoms with Gasteiger partial charge in [0, 0.05) is 12.6 Å². The van der Waals surface area contributed by atoms with Crippen LogP contribution in [0.4, 0.5) is 10.1 Å². The molecule has 0 saturated carbocycles. The van der Waals surface area contributed by atoms with Crippen LogP contribution in [-0.4, -0.2) is 14.5 Å². The van der Waals surface area contributed by atoms with Gasteiger partial charge in [-0.05, 0) is 30.7 Å². The third kappa shape index (κ3) is 2.47. The van der Waals surface area contributed by atoms with E-state index >= 15 is 0 Å². The highest BCUT2D eigenvalue weighted by atomic mass is 19.1. The van der Waals surface area contributed by atoms with Crippen molar-refractivity contribution in [1.82, 2.24) is 9.55 Å². The molecule has 1 heterocycles. The molecule has 0 fully saturated rings. The zero-order valence-corrected chi connectivity index (χ0v) is 11.3. The van der Waals surface area contributed by atoms with Gasteiger partial charge in [0.25, 0.3) is 5.69 Å². The molecular formula is C15H12FN3O2. The van der Waals surface area contributed by atoms with Crippen LogP contribution in [0, 0.1) is 22.9 Å². The molecule has 0 aliphatic rings. The van der Waals surface area contributed by atoms with Crippen LogP contribution in [0.2, 0.25) is 0 Å². The van der Waals surface area contributed by atoms with Gasteiger partial charge in [-0.1, -0.05) is 12.1 Å². The van der Waals surface area contributed by atoms with Crippen molar-refractivity contribution in [2.24, 2.45) is 0 Å². The summed E-state index contributed by atoms with van der Waals surface area (Å²) in [5.74, 6) is 0.171. The summed E-state index contributed by atoms with van der Waals surface area (Å²) in [6.07, 6.45) is 0. The van der Waals surface area contributed by atoms with E-state index in [1.165, 1.54) is 12.1 Å². The van der Waals surface area contributed by atoms with Gasteiger partial charge in [0.1, 0.15) is 11.6 Å². The number of imidazole rings is 1. The van der Waals surface area contributed by atoms with Crippen molar-refractivity contribution in [1.29, 1.82) is 0 Å². The molecule has 0 radical (unpaired) electrons. The van der Waals surface area contributed by atoms with Crippen LogP contribution in [-0.2, 0) is 6.54 Å². The molecule has 6 heteroatoms. The highest BCUT2D eigenvalue weighted by Crippen LogP contribution is 2.21. The van der Waals surface area contributed by atoms with Crippen LogP contribution >= 0.6 is 0 Å². The van der Waals surface area contributed by atoms with Crippen molar-refractivity contribution in [3.8, 4) is 0 Å². The Morgan fingerprint density at radius 3 is 2.81 bits per heavy atom. The van der Waals surface area contributed by atoms with E-state index in [0.29, 0.717) is 12.1 Å². The molecule has 0 aliphatic heterocycles. The molecule has 0 N–H and O–H groups in total. The van der Waals surface area contributed by atoms with Gasteiger partial charge in [-0.2, -0.15) is 0 Å². The van der Waals surface area contributed by atoms with E-state index in [4.69, 9.17) is 0 Å². The Morgan fingerprint density at radius 2 is 2.05 bits per heavy atom. The molecule has 3 aromatic rings. The van der Waals surface area contributed by atoms with Gasteiger partial charge in [0.2, 0.25) is 0 Å². The first kappa shape index (κ1) is 13.2. The molecule has 0 spiro atoms. The minimum Gasteiger partial charge on any atom is -0.324 e. The second-order valence-electron chi connectivity index (χ2n) is 4.81. The van der Waals surface area contributed by atoms with Crippen LogP contribution in [0.1, 0.15) is 11.4 Å². The molecule has 0 atom stereocenters. The van der Waals surface area contributed by atoms with Crippen LogP contribution in [0.25, 0.3) is 11.0 Å². The molecule has 0 saturated heterocycles. The van der Waals surface area contributed by atoms with E-state index in [-0.39, 0.29) is 5.69 Å². The number of non-ortho nitro benzene ring substituents is 1. The van der Waals surface area contributed by atoms with Crippen molar-refractivity contribution in [2.75, 3.05) is 0 Å². The molecule has 5 nitrogen and oxygen atoms in total. The minimum atomic E-state index is -0.610. The van der Waals surface area contributed by atoms with Gasteiger partial charge in [-0.15, -0.1) is 0 Å². The summed E-state index contributed by atoms with van der Waals surface area (Å²) in [5, 5.41) is 10.8. The number of aryl methyl sites for hydroxylation is 1. The number of rotatable bonds is 3. The number of nitrogens with zero attached hydrogens (tertiary/aromatic N) is 3. The molecule has 2 aromatic carbocycles. The average molecular weight is 285 g/mol. The topological polar surface area (TPSA) is 61.0 Å². The summed E-state index contributed by atoms with van der Waals surface area (Å²) in [6, 6.07) is 11.2. The molecular weight excluding hydrogens is 273 g/mol. The van der Waals surface area contributed by atoms with Crippen molar-refractivity contribution >= 4 is 16.7 Å². The summed E-state index contributed by atoms with van der Waals surface area (Å²) in [4.78, 5) is 14.6. The average Bonchev–Trinajstić information content (AvgIpc) is 2.75. The lowest BCUT2D eigenvalue weighted by atomic mass is 10.2. The zero-order chi connectivity index (χ0) is 15.0. The lowest BCUT2D eigenvalue weighted by Crippen LogP contribution is -2.03. The molecule has 1 aromatic heterocycles. The third-order valence-corrected chi connectivity index (χ3v) is 3.34. The Kier molecular flexibility index (Phi) is 3.13. The highest BCUT2D eigenvalue weighted by Gasteiger charge is 2.12. The lowest BCUT2D eigenvalue weighted by Gasteiger charge is -2.07. The van der Waals surface area contributed by atoms with Gasteiger partial charge in [-0.25, -0.2) is 9.37 Å². The number of halogens is 1. The maximum atomic E-state index is 13.5. The molecule has 0 amide bonds. The van der Waals surface area contributed by atoms with Gasteiger partial charge in [0.15, 0.2) is 0 Å². The maximum absolute atomic E-state index is 13.5. The fourth-order valence-corrected chi connectivity index (χ4v) is 2.41. The number of nitro groups is 1. The summed E-state index contributed by atoms with van der Waals surface area (Å²) < 4.78 is 15.4. The Labute approximate surface area is 119 Å². The number of nitro benzene ring substituents is 1. The fourth-order valence-electron chi connectivity index (χ4n) is 2.41. The maximum Gasteiger partial charge on any atom is 0.272 e. The Hall–Kier alpha value is -2.76. The Balaban J connectivity index is 2.06. The van der Waals surface area contributed by atoms with Crippen molar-refractivity contribution in [3.05, 3.63) is 69.8 Å². The van der Waals surface area contributed by atoms with E-state index in [1.54, 1.807) is 0 Å². The molecule has 0 aliphatic carbocycles. The Morgan fingerprint density at radius 1 is 1.29 bits per heavy atom. The van der Waals surface area contributed by atoms with E-state index < -0.39 is 10.7 Å². The second-order valence-corrected chi connectivity index (χ2v) is 4.81. The number of fused-ring (bicyclic) bond motifs is 1. The minimum absolute atomic E-state index is 0.243. The highest BCUT2D eigenvalue weighted by molar-refractivity contribution is 5.75. The monoisotopic (exact) mass is 285 g/mol. The molecule has 0 unspecified atom stereocenters. The van der Waals surface area contributed by atoms with Crippen molar-refractivity contribution in [3.63, 3.8) is 0 Å². The molecule has 3 rings (SSSR count). The van der Waals surface area contributed by atoms with E-state index in [9.17, 15) is 14.5 Å². The predicted octanol–water partition coefficient (Wildman–Crippen LogP) is 3.44. The van der Waals surface area contributed by atoms with E-state index in [0.717, 1.165) is 22.9 Å². The largest absolute Gasteiger partial charge is 0.324 e. The van der Waals surface area contributed by atoms with E-state index in [2.05, 4.69) is 4.98 Å². The lowest BCUT2D eigenvalue weighted by molar-refractivity contribution is -0.385. The van der Waals surface area contributed by atoms with Crippen LogP contribution in [0.3, 0.4) is 0 Å². The summed E-state index contributed by atoms with van der Waals surface area (Å²) in [6.45, 7) is 2.19. The third-order valence-electron chi connectivity index (χ3n) is 3.34. The van der Waals surface area contributed by atoms with Gasteiger partial charge >= 0.3 is 0 Å². The van der Waals surface area contributed by atoms with Crippen LogP contribution < -0.4 is 0 Å². The fraction of sp³-hybridized carbons (Fsp3) is 0.133. The first-order valence-corrected chi connectivity index (χ1v) is 6.40. The van der Waals surface area contributed by atoms with Crippen LogP contribution in [0.15, 0.2) is 42.5 Å². The summed E-state index contributed by atoms with van der Waals surface area (Å²) in [7, 11) is 0.